The largest absolute Gasteiger partial charge is 0.306 e. The molecule has 1 N–H and O–H groups in total. The number of benzene rings is 2. The predicted octanol–water partition coefficient (Wildman–Crippen LogP) is 4.46. The van der Waals surface area contributed by atoms with E-state index in [0.717, 1.165) is 12.1 Å². The van der Waals surface area contributed by atoms with E-state index in [-0.39, 0.29) is 10.6 Å². The summed E-state index contributed by atoms with van der Waals surface area (Å²) >= 11 is 5.92. The molecule has 1 atom stereocenters. The first-order valence-electron chi connectivity index (χ1n) is 6.17. The number of rotatable bonds is 4. The van der Waals surface area contributed by atoms with Crippen LogP contribution in [0.15, 0.2) is 36.4 Å². The van der Waals surface area contributed by atoms with Crippen molar-refractivity contribution in [3.05, 3.63) is 70.0 Å². The lowest BCUT2D eigenvalue weighted by Crippen LogP contribution is -2.24. The second-order valence-electron chi connectivity index (χ2n) is 4.27. The van der Waals surface area contributed by atoms with E-state index in [9.17, 15) is 13.2 Å². The molecule has 0 fully saturated rings. The molecule has 2 aromatic rings. The molecule has 0 saturated heterocycles. The normalized spacial score (nSPS) is 12.4. The summed E-state index contributed by atoms with van der Waals surface area (Å²) in [6, 6.07) is 6.97. The predicted molar refractivity (Wildman–Crippen MR) is 73.3 cm³/mol. The first kappa shape index (κ1) is 14.9. The number of nitrogens with one attached hydrogen (secondary N) is 1. The van der Waals surface area contributed by atoms with Gasteiger partial charge < -0.3 is 5.32 Å². The Morgan fingerprint density at radius 3 is 2.15 bits per heavy atom. The molecule has 0 amide bonds. The molecule has 0 bridgehead atoms. The van der Waals surface area contributed by atoms with E-state index in [1.807, 2.05) is 0 Å². The van der Waals surface area contributed by atoms with Crippen LogP contribution in [0, 0.1) is 17.5 Å². The van der Waals surface area contributed by atoms with Gasteiger partial charge >= 0.3 is 0 Å². The molecule has 0 aliphatic carbocycles. The van der Waals surface area contributed by atoms with E-state index in [2.05, 4.69) is 5.32 Å². The molecule has 0 aromatic heterocycles. The highest BCUT2D eigenvalue weighted by atomic mass is 35.5. The zero-order chi connectivity index (χ0) is 14.7. The Hall–Kier alpha value is -1.52. The molecule has 5 heteroatoms. The van der Waals surface area contributed by atoms with Gasteiger partial charge in [0.05, 0.1) is 11.1 Å². The molecular weight excluding hydrogens is 287 g/mol. The zero-order valence-electron chi connectivity index (χ0n) is 10.8. The van der Waals surface area contributed by atoms with E-state index in [1.54, 1.807) is 13.0 Å². The van der Waals surface area contributed by atoms with Crippen molar-refractivity contribution in [2.75, 3.05) is 6.54 Å². The summed E-state index contributed by atoms with van der Waals surface area (Å²) in [6.07, 6.45) is 0. The highest BCUT2D eigenvalue weighted by Crippen LogP contribution is 2.32. The molecule has 0 spiro atoms. The molecular formula is C15H13ClF3N. The van der Waals surface area contributed by atoms with Gasteiger partial charge in [-0.05, 0) is 30.3 Å². The van der Waals surface area contributed by atoms with Crippen LogP contribution in [0.3, 0.4) is 0 Å². The molecule has 0 heterocycles. The van der Waals surface area contributed by atoms with Crippen molar-refractivity contribution >= 4 is 11.6 Å². The summed E-state index contributed by atoms with van der Waals surface area (Å²) in [5.41, 5.74) is 0.138. The molecule has 0 saturated carbocycles. The molecule has 1 nitrogen and oxygen atoms in total. The van der Waals surface area contributed by atoms with E-state index in [4.69, 9.17) is 11.6 Å². The van der Waals surface area contributed by atoms with Gasteiger partial charge in [0.2, 0.25) is 0 Å². The summed E-state index contributed by atoms with van der Waals surface area (Å²) in [5.74, 6) is -2.02. The van der Waals surface area contributed by atoms with Gasteiger partial charge in [-0.1, -0.05) is 36.7 Å². The van der Waals surface area contributed by atoms with E-state index in [0.29, 0.717) is 12.1 Å². The maximum absolute atomic E-state index is 13.9. The SMILES string of the molecule is CCNC(c1cccc(F)c1Cl)c1c(F)cccc1F. The fourth-order valence-corrected chi connectivity index (χ4v) is 2.34. The Morgan fingerprint density at radius 1 is 1.00 bits per heavy atom. The van der Waals surface area contributed by atoms with Crippen molar-refractivity contribution in [2.24, 2.45) is 0 Å². The van der Waals surface area contributed by atoms with Crippen LogP contribution in [-0.4, -0.2) is 6.54 Å². The smallest absolute Gasteiger partial charge is 0.142 e. The van der Waals surface area contributed by atoms with Gasteiger partial charge in [-0.3, -0.25) is 0 Å². The van der Waals surface area contributed by atoms with Gasteiger partial charge in [-0.15, -0.1) is 0 Å². The minimum Gasteiger partial charge on any atom is -0.306 e. The van der Waals surface area contributed by atoms with E-state index >= 15 is 0 Å². The van der Waals surface area contributed by atoms with Crippen molar-refractivity contribution in [3.63, 3.8) is 0 Å². The Kier molecular flexibility index (Phi) is 4.68. The van der Waals surface area contributed by atoms with Crippen molar-refractivity contribution < 1.29 is 13.2 Å². The number of halogens is 4. The molecule has 1 unspecified atom stereocenters. The third-order valence-electron chi connectivity index (χ3n) is 2.99. The lowest BCUT2D eigenvalue weighted by molar-refractivity contribution is 0.508. The van der Waals surface area contributed by atoms with Crippen molar-refractivity contribution in [1.82, 2.24) is 5.32 Å². The van der Waals surface area contributed by atoms with Crippen LogP contribution in [-0.2, 0) is 0 Å². The van der Waals surface area contributed by atoms with Crippen molar-refractivity contribution in [1.29, 1.82) is 0 Å². The van der Waals surface area contributed by atoms with Gasteiger partial charge in [-0.2, -0.15) is 0 Å². The van der Waals surface area contributed by atoms with Crippen LogP contribution in [0.4, 0.5) is 13.2 Å². The minimum absolute atomic E-state index is 0.138. The summed E-state index contributed by atoms with van der Waals surface area (Å²) < 4.78 is 41.4. The fraction of sp³-hybridized carbons (Fsp3) is 0.200. The fourth-order valence-electron chi connectivity index (χ4n) is 2.10. The quantitative estimate of drug-likeness (QED) is 0.879. The molecule has 20 heavy (non-hydrogen) atoms. The summed E-state index contributed by atoms with van der Waals surface area (Å²) in [5, 5.41) is 2.80. The average Bonchev–Trinajstić information content (AvgIpc) is 2.41. The molecule has 2 aromatic carbocycles. The van der Waals surface area contributed by atoms with Crippen LogP contribution in [0.5, 0.6) is 0 Å². The topological polar surface area (TPSA) is 12.0 Å². The Labute approximate surface area is 120 Å². The van der Waals surface area contributed by atoms with Gasteiger partial charge in [0.15, 0.2) is 0 Å². The lowest BCUT2D eigenvalue weighted by Gasteiger charge is -2.21. The maximum Gasteiger partial charge on any atom is 0.142 e. The van der Waals surface area contributed by atoms with Crippen LogP contribution in [0.2, 0.25) is 5.02 Å². The summed E-state index contributed by atoms with van der Waals surface area (Å²) in [4.78, 5) is 0. The van der Waals surface area contributed by atoms with Gasteiger partial charge in [-0.25, -0.2) is 13.2 Å². The molecule has 0 aliphatic rings. The van der Waals surface area contributed by atoms with Crippen LogP contribution < -0.4 is 5.32 Å². The molecule has 2 rings (SSSR count). The van der Waals surface area contributed by atoms with Crippen molar-refractivity contribution in [2.45, 2.75) is 13.0 Å². The third-order valence-corrected chi connectivity index (χ3v) is 3.39. The van der Waals surface area contributed by atoms with Gasteiger partial charge in [0, 0.05) is 5.56 Å². The second-order valence-corrected chi connectivity index (χ2v) is 4.65. The first-order chi connectivity index (χ1) is 9.56. The highest BCUT2D eigenvalue weighted by Gasteiger charge is 2.24. The van der Waals surface area contributed by atoms with Crippen LogP contribution in [0.25, 0.3) is 0 Å². The standard InChI is InChI=1S/C15H13ClF3N/c1-2-20-15(9-5-3-8-12(19)14(9)16)13-10(17)6-4-7-11(13)18/h3-8,15,20H,2H2,1H3. The van der Waals surface area contributed by atoms with Crippen LogP contribution in [0.1, 0.15) is 24.1 Å². The molecule has 0 aliphatic heterocycles. The maximum atomic E-state index is 13.9. The third kappa shape index (κ3) is 2.81. The minimum atomic E-state index is -0.843. The summed E-state index contributed by atoms with van der Waals surface area (Å²) in [6.45, 7) is 2.24. The molecule has 0 radical (unpaired) electrons. The highest BCUT2D eigenvalue weighted by molar-refractivity contribution is 6.31. The Morgan fingerprint density at radius 2 is 1.55 bits per heavy atom. The number of hydrogen-bond donors (Lipinski definition) is 1. The van der Waals surface area contributed by atoms with E-state index < -0.39 is 23.5 Å². The van der Waals surface area contributed by atoms with Gasteiger partial charge in [0.1, 0.15) is 17.5 Å². The molecule has 106 valence electrons. The monoisotopic (exact) mass is 299 g/mol. The second kappa shape index (κ2) is 6.29. The van der Waals surface area contributed by atoms with E-state index in [1.165, 1.54) is 18.2 Å². The lowest BCUT2D eigenvalue weighted by atomic mass is 9.97. The zero-order valence-corrected chi connectivity index (χ0v) is 11.5. The van der Waals surface area contributed by atoms with Crippen LogP contribution >= 0.6 is 11.6 Å². The Bertz CT molecular complexity index is 596. The van der Waals surface area contributed by atoms with Gasteiger partial charge in [0.25, 0.3) is 0 Å². The Balaban J connectivity index is 2.60. The van der Waals surface area contributed by atoms with Crippen molar-refractivity contribution in [3.8, 4) is 0 Å². The first-order valence-corrected chi connectivity index (χ1v) is 6.55. The number of hydrogen-bond acceptors (Lipinski definition) is 1. The summed E-state index contributed by atoms with van der Waals surface area (Å²) in [7, 11) is 0. The average molecular weight is 300 g/mol.